The standard InChI is InChI=1S/C17H23N5O.ClH/c1-21-16-5-4-13(10-15(16)19-20-21)17(23)22-8-6-14(7-9-22)18-11-12-2-3-12;/h4-5,10,12,14,18H,2-3,6-9,11H2,1H3;1H. The molecule has 24 heavy (non-hydrogen) atoms. The summed E-state index contributed by atoms with van der Waals surface area (Å²) in [7, 11) is 1.86. The molecule has 0 bridgehead atoms. The number of aromatic nitrogens is 3. The highest BCUT2D eigenvalue weighted by molar-refractivity contribution is 5.97. The molecule has 1 aliphatic heterocycles. The van der Waals surface area contributed by atoms with Gasteiger partial charge in [0.2, 0.25) is 0 Å². The fraction of sp³-hybridized carbons (Fsp3) is 0.588. The number of carbonyl (C=O) groups excluding carboxylic acids is 1. The van der Waals surface area contributed by atoms with Gasteiger partial charge in [0.25, 0.3) is 5.91 Å². The molecule has 1 aromatic heterocycles. The number of aryl methyl sites for hydroxylation is 1. The fourth-order valence-electron chi connectivity index (χ4n) is 3.30. The lowest BCUT2D eigenvalue weighted by Gasteiger charge is -2.32. The summed E-state index contributed by atoms with van der Waals surface area (Å²) >= 11 is 0. The van der Waals surface area contributed by atoms with Gasteiger partial charge >= 0.3 is 0 Å². The van der Waals surface area contributed by atoms with Gasteiger partial charge in [0.05, 0.1) is 5.52 Å². The fourth-order valence-corrected chi connectivity index (χ4v) is 3.30. The van der Waals surface area contributed by atoms with E-state index in [9.17, 15) is 4.79 Å². The van der Waals surface area contributed by atoms with Crippen molar-refractivity contribution in [1.29, 1.82) is 0 Å². The Morgan fingerprint density at radius 2 is 2.00 bits per heavy atom. The van der Waals surface area contributed by atoms with Gasteiger partial charge in [-0.1, -0.05) is 5.21 Å². The minimum absolute atomic E-state index is 0. The van der Waals surface area contributed by atoms with Crippen LogP contribution in [0.4, 0.5) is 0 Å². The number of hydrogen-bond acceptors (Lipinski definition) is 4. The van der Waals surface area contributed by atoms with Crippen molar-refractivity contribution < 1.29 is 4.79 Å². The van der Waals surface area contributed by atoms with Crippen LogP contribution in [0.5, 0.6) is 0 Å². The molecule has 1 saturated heterocycles. The topological polar surface area (TPSA) is 63.1 Å². The molecule has 2 fully saturated rings. The smallest absolute Gasteiger partial charge is 0.253 e. The average Bonchev–Trinajstić information content (AvgIpc) is 3.35. The van der Waals surface area contributed by atoms with Crippen molar-refractivity contribution in [3.05, 3.63) is 23.8 Å². The molecule has 0 atom stereocenters. The third kappa shape index (κ3) is 3.54. The van der Waals surface area contributed by atoms with Gasteiger partial charge in [0.1, 0.15) is 5.52 Å². The van der Waals surface area contributed by atoms with Crippen LogP contribution in [0.2, 0.25) is 0 Å². The quantitative estimate of drug-likeness (QED) is 0.917. The van der Waals surface area contributed by atoms with Crippen molar-refractivity contribution in [1.82, 2.24) is 25.2 Å². The van der Waals surface area contributed by atoms with Crippen molar-refractivity contribution in [3.8, 4) is 0 Å². The largest absolute Gasteiger partial charge is 0.339 e. The predicted molar refractivity (Wildman–Crippen MR) is 95.4 cm³/mol. The molecule has 2 aromatic rings. The van der Waals surface area contributed by atoms with E-state index < -0.39 is 0 Å². The molecule has 130 valence electrons. The Labute approximate surface area is 148 Å². The number of nitrogens with zero attached hydrogens (tertiary/aromatic N) is 4. The molecule has 1 aromatic carbocycles. The van der Waals surface area contributed by atoms with E-state index in [1.807, 2.05) is 30.1 Å². The Morgan fingerprint density at radius 1 is 1.25 bits per heavy atom. The number of fused-ring (bicyclic) bond motifs is 1. The lowest BCUT2D eigenvalue weighted by Crippen LogP contribution is -2.45. The highest BCUT2D eigenvalue weighted by Gasteiger charge is 2.26. The zero-order valence-electron chi connectivity index (χ0n) is 13.9. The summed E-state index contributed by atoms with van der Waals surface area (Å²) in [6, 6.07) is 6.22. The highest BCUT2D eigenvalue weighted by atomic mass is 35.5. The molecule has 1 N–H and O–H groups in total. The van der Waals surface area contributed by atoms with Gasteiger partial charge in [-0.3, -0.25) is 4.79 Å². The number of benzene rings is 1. The monoisotopic (exact) mass is 349 g/mol. The molecule has 6 nitrogen and oxygen atoms in total. The third-order valence-electron chi connectivity index (χ3n) is 5.03. The lowest BCUT2D eigenvalue weighted by atomic mass is 10.0. The third-order valence-corrected chi connectivity index (χ3v) is 5.03. The summed E-state index contributed by atoms with van der Waals surface area (Å²) in [4.78, 5) is 14.6. The van der Waals surface area contributed by atoms with E-state index in [-0.39, 0.29) is 18.3 Å². The van der Waals surface area contributed by atoms with Crippen molar-refractivity contribution >= 4 is 29.3 Å². The second-order valence-electron chi connectivity index (χ2n) is 6.83. The van der Waals surface area contributed by atoms with Crippen molar-refractivity contribution in [2.45, 2.75) is 31.7 Å². The molecular formula is C17H24ClN5O. The SMILES string of the molecule is Cl.Cn1nnc2cc(C(=O)N3CCC(NCC4CC4)CC3)ccc21. The van der Waals surface area contributed by atoms with E-state index in [1.54, 1.807) is 4.68 Å². The van der Waals surface area contributed by atoms with Gasteiger partial charge in [-0.25, -0.2) is 4.68 Å². The summed E-state index contributed by atoms with van der Waals surface area (Å²) in [6.07, 6.45) is 4.86. The van der Waals surface area contributed by atoms with Crippen molar-refractivity contribution in [2.75, 3.05) is 19.6 Å². The second-order valence-corrected chi connectivity index (χ2v) is 6.83. The van der Waals surface area contributed by atoms with Crippen LogP contribution in [0.25, 0.3) is 11.0 Å². The number of carbonyl (C=O) groups is 1. The molecule has 0 radical (unpaired) electrons. The van der Waals surface area contributed by atoms with E-state index in [1.165, 1.54) is 12.8 Å². The van der Waals surface area contributed by atoms with Gasteiger partial charge in [0, 0.05) is 31.7 Å². The van der Waals surface area contributed by atoms with Gasteiger partial charge in [0.15, 0.2) is 0 Å². The van der Waals surface area contributed by atoms with Crippen LogP contribution in [0.1, 0.15) is 36.0 Å². The zero-order valence-corrected chi connectivity index (χ0v) is 14.8. The van der Waals surface area contributed by atoms with Gasteiger partial charge in [-0.2, -0.15) is 0 Å². The van der Waals surface area contributed by atoms with E-state index >= 15 is 0 Å². The van der Waals surface area contributed by atoms with Crippen molar-refractivity contribution in [2.24, 2.45) is 13.0 Å². The van der Waals surface area contributed by atoms with Crippen LogP contribution in [0.3, 0.4) is 0 Å². The number of halogens is 1. The molecule has 0 spiro atoms. The normalized spacial score (nSPS) is 18.6. The first-order valence-electron chi connectivity index (χ1n) is 8.53. The summed E-state index contributed by atoms with van der Waals surface area (Å²) in [5.74, 6) is 1.02. The van der Waals surface area contributed by atoms with Crippen LogP contribution < -0.4 is 5.32 Å². The zero-order chi connectivity index (χ0) is 15.8. The Kier molecular flexibility index (Phi) is 5.06. The molecule has 4 rings (SSSR count). The Hall–Kier alpha value is -1.66. The maximum Gasteiger partial charge on any atom is 0.253 e. The van der Waals surface area contributed by atoms with Gasteiger partial charge < -0.3 is 10.2 Å². The van der Waals surface area contributed by atoms with Crippen LogP contribution in [0, 0.1) is 5.92 Å². The number of likely N-dealkylation sites (tertiary alicyclic amines) is 1. The average molecular weight is 350 g/mol. The molecule has 1 aliphatic carbocycles. The number of rotatable bonds is 4. The molecule has 0 unspecified atom stereocenters. The molecule has 2 heterocycles. The van der Waals surface area contributed by atoms with Crippen LogP contribution in [-0.2, 0) is 7.05 Å². The molecular weight excluding hydrogens is 326 g/mol. The maximum atomic E-state index is 12.7. The van der Waals surface area contributed by atoms with Crippen LogP contribution in [0.15, 0.2) is 18.2 Å². The molecule has 1 amide bonds. The lowest BCUT2D eigenvalue weighted by molar-refractivity contribution is 0.0705. The first-order valence-corrected chi connectivity index (χ1v) is 8.53. The second kappa shape index (κ2) is 7.07. The molecule has 2 aliphatic rings. The number of piperidine rings is 1. The minimum Gasteiger partial charge on any atom is -0.339 e. The molecule has 7 heteroatoms. The molecule has 1 saturated carbocycles. The first kappa shape index (κ1) is 17.2. The number of hydrogen-bond donors (Lipinski definition) is 1. The van der Waals surface area contributed by atoms with Gasteiger partial charge in [-0.05, 0) is 56.3 Å². The Bertz CT molecular complexity index is 719. The van der Waals surface area contributed by atoms with E-state index in [2.05, 4.69) is 15.6 Å². The minimum atomic E-state index is 0. The highest BCUT2D eigenvalue weighted by Crippen LogP contribution is 2.28. The van der Waals surface area contributed by atoms with Crippen LogP contribution >= 0.6 is 12.4 Å². The van der Waals surface area contributed by atoms with Crippen LogP contribution in [-0.4, -0.2) is 51.5 Å². The van der Waals surface area contributed by atoms with Crippen molar-refractivity contribution in [3.63, 3.8) is 0 Å². The number of amides is 1. The summed E-state index contributed by atoms with van der Waals surface area (Å²) in [5, 5.41) is 11.7. The van der Waals surface area contributed by atoms with Gasteiger partial charge in [-0.15, -0.1) is 17.5 Å². The summed E-state index contributed by atoms with van der Waals surface area (Å²) in [6.45, 7) is 2.82. The first-order chi connectivity index (χ1) is 11.2. The Morgan fingerprint density at radius 3 is 2.71 bits per heavy atom. The summed E-state index contributed by atoms with van der Waals surface area (Å²) in [5.41, 5.74) is 2.44. The van der Waals surface area contributed by atoms with E-state index in [0.717, 1.165) is 49.4 Å². The predicted octanol–water partition coefficient (Wildman–Crippen LogP) is 1.99. The Balaban J connectivity index is 0.00000169. The maximum absolute atomic E-state index is 12.7. The van der Waals surface area contributed by atoms with E-state index in [4.69, 9.17) is 0 Å². The number of nitrogens with one attached hydrogen (secondary N) is 1. The summed E-state index contributed by atoms with van der Waals surface area (Å²) < 4.78 is 1.72. The van der Waals surface area contributed by atoms with E-state index in [0.29, 0.717) is 11.6 Å².